The van der Waals surface area contributed by atoms with Crippen LogP contribution in [0.5, 0.6) is 0 Å². The van der Waals surface area contributed by atoms with E-state index in [-0.39, 0.29) is 18.1 Å². The maximum absolute atomic E-state index is 13.3. The van der Waals surface area contributed by atoms with Crippen molar-refractivity contribution in [2.75, 3.05) is 19.8 Å². The van der Waals surface area contributed by atoms with Crippen molar-refractivity contribution in [3.05, 3.63) is 42.2 Å². The molecule has 0 bridgehead atoms. The van der Waals surface area contributed by atoms with E-state index in [1.54, 1.807) is 24.5 Å². The number of nitrogens with two attached hydrogens (primary N) is 2. The molecule has 4 heterocycles. The minimum absolute atomic E-state index is 0.0232. The number of aliphatic imine (C=N–C) groups is 1. The Morgan fingerprint density at radius 3 is 2.62 bits per heavy atom. The van der Waals surface area contributed by atoms with E-state index < -0.39 is 41.9 Å². The summed E-state index contributed by atoms with van der Waals surface area (Å²) in [5.41, 5.74) is 8.17. The topological polar surface area (TPSA) is 210 Å². The van der Waals surface area contributed by atoms with E-state index in [9.17, 15) is 16.8 Å². The number of nitrogens with zero attached hydrogens (tertiary/aromatic N) is 4. The van der Waals surface area contributed by atoms with Crippen LogP contribution in [0.2, 0.25) is 0 Å². The summed E-state index contributed by atoms with van der Waals surface area (Å²) < 4.78 is 54.8. The van der Waals surface area contributed by atoms with Gasteiger partial charge in [-0.15, -0.1) is 5.11 Å². The molecule has 7 N–H and O–H groups in total. The van der Waals surface area contributed by atoms with Crippen molar-refractivity contribution in [2.45, 2.75) is 21.9 Å². The van der Waals surface area contributed by atoms with E-state index in [1.165, 1.54) is 12.1 Å². The summed E-state index contributed by atoms with van der Waals surface area (Å²) in [6, 6.07) is 5.13. The molecule has 0 unspecified atom stereocenters. The van der Waals surface area contributed by atoms with Gasteiger partial charge < -0.3 is 16.0 Å². The van der Waals surface area contributed by atoms with Gasteiger partial charge in [-0.25, -0.2) is 31.7 Å². The van der Waals surface area contributed by atoms with Gasteiger partial charge in [0.25, 0.3) is 0 Å². The summed E-state index contributed by atoms with van der Waals surface area (Å²) in [7, 11) is -8.92. The van der Waals surface area contributed by atoms with Crippen LogP contribution in [-0.2, 0) is 20.0 Å². The monoisotopic (exact) mass is 503 g/mol. The standard InChI is InChI=1S/C19H21N9O4S2/c20-12-7-22-8-15(12)28-34(31,32)16-2-1-11(10-5-14-13(24-6-10)3-4-23-14)17(18(16)33(21,29)30)19-25-9-26-27-19/h1-6,12,15,22-23,28H,7-9,20H2,(H2,21,29,30)/t12-,15+/m1/s1. The molecule has 2 aromatic heterocycles. The summed E-state index contributed by atoms with van der Waals surface area (Å²) in [5, 5.41) is 16.3. The van der Waals surface area contributed by atoms with Crippen molar-refractivity contribution in [1.82, 2.24) is 20.0 Å². The van der Waals surface area contributed by atoms with Crippen molar-refractivity contribution in [1.29, 1.82) is 0 Å². The first-order valence-corrected chi connectivity index (χ1v) is 13.2. The van der Waals surface area contributed by atoms with Gasteiger partial charge in [0.2, 0.25) is 20.0 Å². The Morgan fingerprint density at radius 1 is 1.12 bits per heavy atom. The van der Waals surface area contributed by atoms with E-state index in [0.29, 0.717) is 35.2 Å². The fourth-order valence-corrected chi connectivity index (χ4v) is 6.94. The molecule has 178 valence electrons. The normalized spacial score (nSPS) is 20.8. The molecule has 13 nitrogen and oxygen atoms in total. The molecule has 0 radical (unpaired) electrons. The Morgan fingerprint density at radius 2 is 1.94 bits per heavy atom. The highest BCUT2D eigenvalue weighted by atomic mass is 32.2. The number of pyridine rings is 1. The van der Waals surface area contributed by atoms with E-state index in [0.717, 1.165) is 0 Å². The summed E-state index contributed by atoms with van der Waals surface area (Å²) in [6.45, 7) is 0.703. The van der Waals surface area contributed by atoms with Crippen LogP contribution in [0.1, 0.15) is 5.56 Å². The molecule has 15 heteroatoms. The van der Waals surface area contributed by atoms with Gasteiger partial charge in [0.05, 0.1) is 22.6 Å². The van der Waals surface area contributed by atoms with Crippen LogP contribution in [-0.4, -0.2) is 64.5 Å². The van der Waals surface area contributed by atoms with Crippen LogP contribution in [0.25, 0.3) is 22.2 Å². The molecule has 3 aromatic rings. The third-order valence-electron chi connectivity index (χ3n) is 5.65. The van der Waals surface area contributed by atoms with Crippen molar-refractivity contribution < 1.29 is 16.8 Å². The molecule has 0 amide bonds. The Labute approximate surface area is 194 Å². The highest BCUT2D eigenvalue weighted by Crippen LogP contribution is 2.35. The number of rotatable bonds is 6. The fraction of sp³-hybridized carbons (Fsp3) is 0.263. The second-order valence-electron chi connectivity index (χ2n) is 7.91. The Hall–Kier alpha value is -3.08. The third kappa shape index (κ3) is 4.02. The zero-order valence-corrected chi connectivity index (χ0v) is 19.3. The molecule has 0 aliphatic carbocycles. The number of nitrogens with one attached hydrogen (secondary N) is 3. The van der Waals surface area contributed by atoms with Gasteiger partial charge in [0.1, 0.15) is 9.79 Å². The average Bonchev–Trinajstić information content (AvgIpc) is 3.54. The molecule has 2 aliphatic heterocycles. The first-order valence-electron chi connectivity index (χ1n) is 10.2. The lowest BCUT2D eigenvalue weighted by Gasteiger charge is -2.20. The molecule has 2 aliphatic rings. The van der Waals surface area contributed by atoms with E-state index in [4.69, 9.17) is 10.9 Å². The molecule has 1 fully saturated rings. The number of sulfonamides is 2. The van der Waals surface area contributed by atoms with Crippen LogP contribution in [0.3, 0.4) is 0 Å². The highest BCUT2D eigenvalue weighted by molar-refractivity contribution is 7.92. The predicted octanol–water partition coefficient (Wildman–Crippen LogP) is -0.375. The quantitative estimate of drug-likeness (QED) is 0.301. The van der Waals surface area contributed by atoms with E-state index in [1.807, 2.05) is 0 Å². The lowest BCUT2D eigenvalue weighted by molar-refractivity contribution is 0.536. The molecular weight excluding hydrogens is 482 g/mol. The molecule has 2 atom stereocenters. The Kier molecular flexibility index (Phi) is 5.54. The highest BCUT2D eigenvalue weighted by Gasteiger charge is 2.35. The molecule has 5 rings (SSSR count). The molecule has 0 spiro atoms. The van der Waals surface area contributed by atoms with Crippen LogP contribution < -0.4 is 20.9 Å². The first-order chi connectivity index (χ1) is 16.1. The summed E-state index contributed by atoms with van der Waals surface area (Å²) in [5.74, 6) is -0.0399. The summed E-state index contributed by atoms with van der Waals surface area (Å²) >= 11 is 0. The minimum atomic E-state index is -4.57. The minimum Gasteiger partial charge on any atom is -0.360 e. The number of H-pyrrole nitrogens is 1. The van der Waals surface area contributed by atoms with Gasteiger partial charge in [0, 0.05) is 37.1 Å². The fourth-order valence-electron chi connectivity index (χ4n) is 4.05. The number of aromatic amines is 1. The second kappa shape index (κ2) is 8.30. The van der Waals surface area contributed by atoms with Crippen molar-refractivity contribution in [2.24, 2.45) is 26.1 Å². The van der Waals surface area contributed by atoms with Crippen molar-refractivity contribution in [3.8, 4) is 11.1 Å². The summed E-state index contributed by atoms with van der Waals surface area (Å²) in [6.07, 6.45) is 3.27. The molecule has 1 aromatic carbocycles. The van der Waals surface area contributed by atoms with Gasteiger partial charge in [0.15, 0.2) is 12.5 Å². The Balaban J connectivity index is 1.76. The predicted molar refractivity (Wildman–Crippen MR) is 124 cm³/mol. The van der Waals surface area contributed by atoms with Crippen LogP contribution in [0.4, 0.5) is 0 Å². The number of aromatic nitrogens is 2. The maximum Gasteiger partial charge on any atom is 0.242 e. The molecule has 0 saturated carbocycles. The third-order valence-corrected chi connectivity index (χ3v) is 8.30. The smallest absolute Gasteiger partial charge is 0.242 e. The Bertz CT molecular complexity index is 1560. The number of primary sulfonamides is 1. The largest absolute Gasteiger partial charge is 0.360 e. The van der Waals surface area contributed by atoms with Crippen LogP contribution in [0.15, 0.2) is 61.7 Å². The zero-order chi connectivity index (χ0) is 24.1. The van der Waals surface area contributed by atoms with Gasteiger partial charge in [-0.05, 0) is 23.8 Å². The van der Waals surface area contributed by atoms with Crippen molar-refractivity contribution >= 4 is 36.9 Å². The zero-order valence-electron chi connectivity index (χ0n) is 17.6. The van der Waals surface area contributed by atoms with Gasteiger partial charge >= 0.3 is 0 Å². The van der Waals surface area contributed by atoms with Crippen LogP contribution >= 0.6 is 0 Å². The summed E-state index contributed by atoms with van der Waals surface area (Å²) in [4.78, 5) is 10.4. The number of hydrogen-bond donors (Lipinski definition) is 5. The SMILES string of the molecule is N[C@@H]1CNC[C@@H]1NS(=O)(=O)c1ccc(-c2cnc3cc[nH]c3c2)c(C2=NCN=N2)c1S(N)(=O)=O. The van der Waals surface area contributed by atoms with Gasteiger partial charge in [-0.2, -0.15) is 5.11 Å². The number of benzene rings is 1. The molecular formula is C19H21N9O4S2. The van der Waals surface area contributed by atoms with E-state index >= 15 is 0 Å². The van der Waals surface area contributed by atoms with Gasteiger partial charge in [-0.3, -0.25) is 4.98 Å². The number of fused-ring (bicyclic) bond motifs is 1. The van der Waals surface area contributed by atoms with Gasteiger partial charge in [-0.1, -0.05) is 6.07 Å². The first kappa shape index (κ1) is 22.7. The van der Waals surface area contributed by atoms with Crippen LogP contribution in [0, 0.1) is 0 Å². The number of hydrogen-bond acceptors (Lipinski definition) is 10. The van der Waals surface area contributed by atoms with Crippen molar-refractivity contribution in [3.63, 3.8) is 0 Å². The molecule has 34 heavy (non-hydrogen) atoms. The number of amidine groups is 1. The maximum atomic E-state index is 13.3. The lowest BCUT2D eigenvalue weighted by atomic mass is 10.00. The average molecular weight is 504 g/mol. The number of azo groups is 1. The lowest BCUT2D eigenvalue weighted by Crippen LogP contribution is -2.47. The molecule has 1 saturated heterocycles. The second-order valence-corrected chi connectivity index (χ2v) is 11.1. The van der Waals surface area contributed by atoms with E-state index in [2.05, 4.69) is 35.2 Å².